The van der Waals surface area contributed by atoms with Gasteiger partial charge in [0.2, 0.25) is 0 Å². The largest absolute Gasteiger partial charge is 0.493 e. The number of rotatable bonds is 4. The zero-order valence-corrected chi connectivity index (χ0v) is 10.0. The molecule has 0 amide bonds. The average molecular weight is 233 g/mol. The van der Waals surface area contributed by atoms with Crippen LogP contribution in [0.25, 0.3) is 0 Å². The van der Waals surface area contributed by atoms with Crippen LogP contribution in [0.2, 0.25) is 0 Å². The predicted molar refractivity (Wildman–Crippen MR) is 66.2 cm³/mol. The van der Waals surface area contributed by atoms with Crippen LogP contribution in [0.1, 0.15) is 24.5 Å². The number of ether oxygens (including phenoxy) is 2. The van der Waals surface area contributed by atoms with E-state index in [1.807, 2.05) is 6.07 Å². The van der Waals surface area contributed by atoms with Crippen LogP contribution < -0.4 is 10.1 Å². The first-order chi connectivity index (χ1) is 8.42. The molecule has 1 atom stereocenters. The molecule has 17 heavy (non-hydrogen) atoms. The minimum absolute atomic E-state index is 0.174. The lowest BCUT2D eigenvalue weighted by Gasteiger charge is -2.24. The topological polar surface area (TPSA) is 30.5 Å². The van der Waals surface area contributed by atoms with Gasteiger partial charge in [0.1, 0.15) is 5.75 Å². The van der Waals surface area contributed by atoms with Gasteiger partial charge in [-0.1, -0.05) is 12.1 Å². The molecule has 2 fully saturated rings. The third-order valence-electron chi connectivity index (χ3n) is 3.34. The second kappa shape index (κ2) is 5.07. The molecule has 92 valence electrons. The summed E-state index contributed by atoms with van der Waals surface area (Å²) in [4.78, 5) is 0. The van der Waals surface area contributed by atoms with E-state index >= 15 is 0 Å². The lowest BCUT2D eigenvalue weighted by molar-refractivity contribution is 0.0275. The summed E-state index contributed by atoms with van der Waals surface area (Å²) < 4.78 is 11.5. The molecule has 1 unspecified atom stereocenters. The van der Waals surface area contributed by atoms with Gasteiger partial charge in [-0.15, -0.1) is 0 Å². The van der Waals surface area contributed by atoms with E-state index in [2.05, 4.69) is 23.5 Å². The van der Waals surface area contributed by atoms with Gasteiger partial charge in [-0.2, -0.15) is 0 Å². The van der Waals surface area contributed by atoms with Gasteiger partial charge in [0, 0.05) is 13.1 Å². The summed E-state index contributed by atoms with van der Waals surface area (Å²) in [6.45, 7) is 3.51. The zero-order chi connectivity index (χ0) is 11.5. The first-order valence-corrected chi connectivity index (χ1v) is 6.47. The van der Waals surface area contributed by atoms with Crippen molar-refractivity contribution in [1.82, 2.24) is 5.32 Å². The first-order valence-electron chi connectivity index (χ1n) is 6.47. The number of nitrogens with one attached hydrogen (secondary N) is 1. The van der Waals surface area contributed by atoms with Crippen LogP contribution in [0.5, 0.6) is 5.75 Å². The summed E-state index contributed by atoms with van der Waals surface area (Å²) in [5.74, 6) is 1.77. The molecule has 3 rings (SSSR count). The fourth-order valence-electron chi connectivity index (χ4n) is 2.08. The fraction of sp³-hybridized carbons (Fsp3) is 0.571. The molecule has 0 bridgehead atoms. The van der Waals surface area contributed by atoms with Crippen molar-refractivity contribution in [3.05, 3.63) is 29.8 Å². The van der Waals surface area contributed by atoms with Gasteiger partial charge < -0.3 is 14.8 Å². The molecule has 1 aliphatic heterocycles. The van der Waals surface area contributed by atoms with Crippen LogP contribution in [0.3, 0.4) is 0 Å². The van der Waals surface area contributed by atoms with Gasteiger partial charge in [-0.3, -0.25) is 0 Å². The highest BCUT2D eigenvalue weighted by molar-refractivity contribution is 5.30. The predicted octanol–water partition coefficient (Wildman–Crippen LogP) is 2.14. The van der Waals surface area contributed by atoms with E-state index in [0.717, 1.165) is 38.0 Å². The molecule has 1 saturated heterocycles. The van der Waals surface area contributed by atoms with Gasteiger partial charge in [-0.25, -0.2) is 0 Å². The van der Waals surface area contributed by atoms with Gasteiger partial charge >= 0.3 is 0 Å². The molecule has 1 aromatic carbocycles. The minimum Gasteiger partial charge on any atom is -0.493 e. The Kier molecular flexibility index (Phi) is 3.29. The van der Waals surface area contributed by atoms with Gasteiger partial charge in [0.05, 0.1) is 19.3 Å². The van der Waals surface area contributed by atoms with E-state index < -0.39 is 0 Å². The van der Waals surface area contributed by atoms with E-state index in [4.69, 9.17) is 9.47 Å². The van der Waals surface area contributed by atoms with Crippen molar-refractivity contribution in [2.75, 3.05) is 26.3 Å². The van der Waals surface area contributed by atoms with Crippen LogP contribution in [0.4, 0.5) is 0 Å². The van der Waals surface area contributed by atoms with Crippen molar-refractivity contribution in [3.63, 3.8) is 0 Å². The number of hydrogen-bond donors (Lipinski definition) is 1. The highest BCUT2D eigenvalue weighted by Gasteiger charge is 2.22. The van der Waals surface area contributed by atoms with Crippen LogP contribution in [0, 0.1) is 5.92 Å². The Hall–Kier alpha value is -1.06. The minimum atomic E-state index is 0.174. The Labute approximate surface area is 102 Å². The standard InChI is InChI=1S/C14H19NO2/c1-2-12(14-9-15-6-7-16-14)8-13(3-1)17-10-11-4-5-11/h1-3,8,11,14-15H,4-7,9-10H2. The summed E-state index contributed by atoms with van der Waals surface area (Å²) >= 11 is 0. The zero-order valence-electron chi connectivity index (χ0n) is 10.0. The van der Waals surface area contributed by atoms with Crippen molar-refractivity contribution in [1.29, 1.82) is 0 Å². The molecule has 1 saturated carbocycles. The SMILES string of the molecule is c1cc(OCC2CC2)cc(C2CNCCO2)c1. The number of benzene rings is 1. The van der Waals surface area contributed by atoms with E-state index in [0.29, 0.717) is 0 Å². The average Bonchev–Trinajstić information content (AvgIpc) is 3.22. The summed E-state index contributed by atoms with van der Waals surface area (Å²) in [6.07, 6.45) is 2.83. The maximum Gasteiger partial charge on any atom is 0.119 e. The van der Waals surface area contributed by atoms with Crippen LogP contribution in [-0.2, 0) is 4.74 Å². The van der Waals surface area contributed by atoms with Crippen molar-refractivity contribution >= 4 is 0 Å². The first kappa shape index (κ1) is 11.1. The maximum atomic E-state index is 5.79. The molecule has 1 heterocycles. The van der Waals surface area contributed by atoms with E-state index in [-0.39, 0.29) is 6.10 Å². The van der Waals surface area contributed by atoms with Crippen molar-refractivity contribution in [2.45, 2.75) is 18.9 Å². The molecule has 0 spiro atoms. The monoisotopic (exact) mass is 233 g/mol. The summed E-state index contributed by atoms with van der Waals surface area (Å²) in [5.41, 5.74) is 1.21. The van der Waals surface area contributed by atoms with Gasteiger partial charge in [-0.05, 0) is 36.5 Å². The van der Waals surface area contributed by atoms with Crippen LogP contribution >= 0.6 is 0 Å². The quantitative estimate of drug-likeness (QED) is 0.864. The van der Waals surface area contributed by atoms with Crippen molar-refractivity contribution in [2.24, 2.45) is 5.92 Å². The van der Waals surface area contributed by atoms with E-state index in [9.17, 15) is 0 Å². The van der Waals surface area contributed by atoms with Crippen LogP contribution in [0.15, 0.2) is 24.3 Å². The fourth-order valence-corrected chi connectivity index (χ4v) is 2.08. The Balaban J connectivity index is 1.64. The second-order valence-corrected chi connectivity index (χ2v) is 4.89. The summed E-state index contributed by atoms with van der Waals surface area (Å²) in [7, 11) is 0. The summed E-state index contributed by atoms with van der Waals surface area (Å²) in [6, 6.07) is 8.30. The molecular weight excluding hydrogens is 214 g/mol. The van der Waals surface area contributed by atoms with Crippen molar-refractivity contribution < 1.29 is 9.47 Å². The van der Waals surface area contributed by atoms with E-state index in [1.54, 1.807) is 0 Å². The summed E-state index contributed by atoms with van der Waals surface area (Å²) in [5, 5.41) is 3.35. The molecule has 3 heteroatoms. The third kappa shape index (κ3) is 2.99. The molecule has 1 N–H and O–H groups in total. The lowest BCUT2D eigenvalue weighted by Crippen LogP contribution is -2.33. The van der Waals surface area contributed by atoms with Gasteiger partial charge in [0.25, 0.3) is 0 Å². The Morgan fingerprint density at radius 1 is 1.35 bits per heavy atom. The van der Waals surface area contributed by atoms with Crippen molar-refractivity contribution in [3.8, 4) is 5.75 Å². The maximum absolute atomic E-state index is 5.79. The Morgan fingerprint density at radius 3 is 3.06 bits per heavy atom. The highest BCUT2D eigenvalue weighted by atomic mass is 16.5. The second-order valence-electron chi connectivity index (χ2n) is 4.89. The number of hydrogen-bond acceptors (Lipinski definition) is 3. The number of morpholine rings is 1. The van der Waals surface area contributed by atoms with E-state index in [1.165, 1.54) is 18.4 Å². The molecule has 0 radical (unpaired) electrons. The molecule has 2 aliphatic rings. The van der Waals surface area contributed by atoms with Crippen LogP contribution in [-0.4, -0.2) is 26.3 Å². The van der Waals surface area contributed by atoms with Gasteiger partial charge in [0.15, 0.2) is 0 Å². The molecule has 1 aromatic rings. The molecular formula is C14H19NO2. The normalized spacial score (nSPS) is 24.6. The molecule has 3 nitrogen and oxygen atoms in total. The lowest BCUT2D eigenvalue weighted by atomic mass is 10.1. The Bertz CT molecular complexity index is 370. The Morgan fingerprint density at radius 2 is 2.29 bits per heavy atom. The molecule has 1 aliphatic carbocycles. The smallest absolute Gasteiger partial charge is 0.119 e. The highest BCUT2D eigenvalue weighted by Crippen LogP contribution is 2.30. The third-order valence-corrected chi connectivity index (χ3v) is 3.34. The molecule has 0 aromatic heterocycles.